The van der Waals surface area contributed by atoms with Crippen LogP contribution in [0.1, 0.15) is 46.5 Å². The fourth-order valence-electron chi connectivity index (χ4n) is 4.07. The molecule has 1 saturated heterocycles. The fraction of sp³-hybridized carbons (Fsp3) is 0.682. The number of nitrogens with one attached hydrogen (secondary N) is 2. The maximum absolute atomic E-state index is 12.5. The Morgan fingerprint density at radius 3 is 2.26 bits per heavy atom. The summed E-state index contributed by atoms with van der Waals surface area (Å²) in [5.41, 5.74) is 0.616. The van der Waals surface area contributed by atoms with Gasteiger partial charge >= 0.3 is 6.09 Å². The summed E-state index contributed by atoms with van der Waals surface area (Å²) >= 11 is 3.47. The van der Waals surface area contributed by atoms with Crippen molar-refractivity contribution in [2.24, 2.45) is 0 Å². The van der Waals surface area contributed by atoms with E-state index in [2.05, 4.69) is 47.4 Å². The Bertz CT molecular complexity index is 754. The first-order valence-corrected chi connectivity index (χ1v) is 11.8. The third-order valence-corrected chi connectivity index (χ3v) is 6.04. The average Bonchev–Trinajstić information content (AvgIpc) is 2.68. The molecule has 2 heterocycles. The number of piperazine rings is 1. The lowest BCUT2D eigenvalue weighted by Crippen LogP contribution is -2.51. The first kappa shape index (κ1) is 23.8. The van der Waals surface area contributed by atoms with Gasteiger partial charge < -0.3 is 20.3 Å². The fourth-order valence-corrected chi connectivity index (χ4v) is 4.42. The van der Waals surface area contributed by atoms with Gasteiger partial charge in [-0.3, -0.25) is 14.7 Å². The summed E-state index contributed by atoms with van der Waals surface area (Å²) in [5.74, 6) is 0.0844. The Kier molecular flexibility index (Phi) is 8.16. The molecule has 8 nitrogen and oxygen atoms in total. The highest BCUT2D eigenvalue weighted by Crippen LogP contribution is 2.21. The summed E-state index contributed by atoms with van der Waals surface area (Å²) in [6.45, 7) is 9.48. The zero-order chi connectivity index (χ0) is 22.4. The lowest BCUT2D eigenvalue weighted by atomic mass is 9.91. The van der Waals surface area contributed by atoms with Crippen molar-refractivity contribution >= 4 is 33.6 Å². The predicted octanol–water partition coefficient (Wildman–Crippen LogP) is 2.92. The van der Waals surface area contributed by atoms with Crippen molar-refractivity contribution in [3.8, 4) is 0 Å². The number of hydrogen-bond acceptors (Lipinski definition) is 6. The maximum atomic E-state index is 12.5. The Balaban J connectivity index is 1.33. The van der Waals surface area contributed by atoms with Crippen LogP contribution in [-0.2, 0) is 9.53 Å². The van der Waals surface area contributed by atoms with Gasteiger partial charge in [-0.1, -0.05) is 0 Å². The molecule has 1 saturated carbocycles. The third-order valence-electron chi connectivity index (χ3n) is 5.61. The van der Waals surface area contributed by atoms with E-state index in [-0.39, 0.29) is 24.1 Å². The second-order valence-electron chi connectivity index (χ2n) is 9.39. The lowest BCUT2D eigenvalue weighted by molar-refractivity contribution is -0.123. The molecule has 31 heavy (non-hydrogen) atoms. The second-order valence-corrected chi connectivity index (χ2v) is 10.3. The normalized spacial score (nSPS) is 22.6. The van der Waals surface area contributed by atoms with Crippen LogP contribution in [0.15, 0.2) is 22.9 Å². The summed E-state index contributed by atoms with van der Waals surface area (Å²) in [6.07, 6.45) is 6.74. The van der Waals surface area contributed by atoms with Crippen LogP contribution < -0.4 is 15.5 Å². The van der Waals surface area contributed by atoms with Gasteiger partial charge in [-0.2, -0.15) is 0 Å². The van der Waals surface area contributed by atoms with Crippen LogP contribution in [0.4, 0.5) is 10.5 Å². The zero-order valence-electron chi connectivity index (χ0n) is 18.7. The third kappa shape index (κ3) is 7.96. The van der Waals surface area contributed by atoms with E-state index in [0.717, 1.165) is 62.0 Å². The first-order chi connectivity index (χ1) is 14.7. The van der Waals surface area contributed by atoms with E-state index in [1.165, 1.54) is 0 Å². The number of amides is 2. The molecule has 1 aliphatic carbocycles. The van der Waals surface area contributed by atoms with Crippen LogP contribution in [0.5, 0.6) is 0 Å². The quantitative estimate of drug-likeness (QED) is 0.652. The van der Waals surface area contributed by atoms with Gasteiger partial charge in [0.25, 0.3) is 0 Å². The molecule has 0 unspecified atom stereocenters. The van der Waals surface area contributed by atoms with Gasteiger partial charge in [0.1, 0.15) is 5.60 Å². The van der Waals surface area contributed by atoms with Gasteiger partial charge in [-0.25, -0.2) is 4.79 Å². The predicted molar refractivity (Wildman–Crippen MR) is 124 cm³/mol. The minimum absolute atomic E-state index is 0.0844. The monoisotopic (exact) mass is 495 g/mol. The number of ether oxygens (including phenoxy) is 1. The van der Waals surface area contributed by atoms with Gasteiger partial charge in [0.05, 0.1) is 18.4 Å². The van der Waals surface area contributed by atoms with Gasteiger partial charge in [0.2, 0.25) is 5.91 Å². The minimum atomic E-state index is -0.490. The average molecular weight is 496 g/mol. The number of hydrogen-bond donors (Lipinski definition) is 2. The molecule has 9 heteroatoms. The number of alkyl carbamates (subject to hydrolysis) is 1. The Hall–Kier alpha value is -1.87. The van der Waals surface area contributed by atoms with Crippen molar-refractivity contribution < 1.29 is 14.3 Å². The van der Waals surface area contributed by atoms with E-state index < -0.39 is 5.60 Å². The van der Waals surface area contributed by atoms with Gasteiger partial charge in [-0.05, 0) is 68.5 Å². The van der Waals surface area contributed by atoms with Crippen molar-refractivity contribution in [3.63, 3.8) is 0 Å². The highest BCUT2D eigenvalue weighted by Gasteiger charge is 2.26. The zero-order valence-corrected chi connectivity index (χ0v) is 20.3. The minimum Gasteiger partial charge on any atom is -0.444 e. The molecule has 172 valence electrons. The Morgan fingerprint density at radius 1 is 1.06 bits per heavy atom. The molecular formula is C22H34BrN5O3. The molecule has 1 aromatic heterocycles. The summed E-state index contributed by atoms with van der Waals surface area (Å²) in [7, 11) is 0. The molecule has 0 spiro atoms. The SMILES string of the molecule is CC(C)(C)OC(=O)NC1CCC(NC(=O)CN2CCN(c3cncc(Br)c3)CC2)CC1. The molecule has 2 aliphatic rings. The molecule has 0 atom stereocenters. The van der Waals surface area contributed by atoms with Gasteiger partial charge in [0, 0.05) is 48.9 Å². The molecule has 2 N–H and O–H groups in total. The molecule has 2 amide bonds. The molecule has 2 fully saturated rings. The lowest BCUT2D eigenvalue weighted by Gasteiger charge is -2.36. The summed E-state index contributed by atoms with van der Waals surface area (Å²) in [4.78, 5) is 33.2. The topological polar surface area (TPSA) is 86.8 Å². The Morgan fingerprint density at radius 2 is 1.68 bits per heavy atom. The van der Waals surface area contributed by atoms with E-state index in [0.29, 0.717) is 6.54 Å². The van der Waals surface area contributed by atoms with Gasteiger partial charge in [0.15, 0.2) is 0 Å². The number of carbonyl (C=O) groups is 2. The van der Waals surface area contributed by atoms with Crippen molar-refractivity contribution in [2.75, 3.05) is 37.6 Å². The molecule has 1 aromatic rings. The molecule has 3 rings (SSSR count). The second kappa shape index (κ2) is 10.6. The molecule has 0 aromatic carbocycles. The highest BCUT2D eigenvalue weighted by molar-refractivity contribution is 9.10. The van der Waals surface area contributed by atoms with Crippen LogP contribution >= 0.6 is 15.9 Å². The van der Waals surface area contributed by atoms with Crippen LogP contribution in [0.25, 0.3) is 0 Å². The van der Waals surface area contributed by atoms with E-state index in [9.17, 15) is 9.59 Å². The van der Waals surface area contributed by atoms with Crippen molar-refractivity contribution in [1.29, 1.82) is 0 Å². The van der Waals surface area contributed by atoms with E-state index in [1.54, 1.807) is 6.20 Å². The molecular weight excluding hydrogens is 462 g/mol. The van der Waals surface area contributed by atoms with Crippen molar-refractivity contribution in [2.45, 2.75) is 64.1 Å². The number of nitrogens with zero attached hydrogens (tertiary/aromatic N) is 3. The number of carbonyl (C=O) groups excluding carboxylic acids is 2. The number of anilines is 1. The number of halogens is 1. The van der Waals surface area contributed by atoms with Crippen molar-refractivity contribution in [3.05, 3.63) is 22.9 Å². The maximum Gasteiger partial charge on any atom is 0.407 e. The smallest absolute Gasteiger partial charge is 0.407 e. The number of pyridine rings is 1. The van der Waals surface area contributed by atoms with Crippen LogP contribution in [0.3, 0.4) is 0 Å². The summed E-state index contributed by atoms with van der Waals surface area (Å²) < 4.78 is 6.30. The highest BCUT2D eigenvalue weighted by atomic mass is 79.9. The molecule has 0 radical (unpaired) electrons. The van der Waals surface area contributed by atoms with E-state index in [1.807, 2.05) is 27.0 Å². The largest absolute Gasteiger partial charge is 0.444 e. The molecule has 1 aliphatic heterocycles. The number of aromatic nitrogens is 1. The first-order valence-electron chi connectivity index (χ1n) is 11.0. The molecule has 0 bridgehead atoms. The van der Waals surface area contributed by atoms with Gasteiger partial charge in [-0.15, -0.1) is 0 Å². The van der Waals surface area contributed by atoms with E-state index in [4.69, 9.17) is 4.74 Å². The summed E-state index contributed by atoms with van der Waals surface area (Å²) in [5, 5.41) is 6.12. The van der Waals surface area contributed by atoms with Crippen LogP contribution in [0.2, 0.25) is 0 Å². The Labute approximate surface area is 193 Å². The van der Waals surface area contributed by atoms with Crippen LogP contribution in [0, 0.1) is 0 Å². The van der Waals surface area contributed by atoms with E-state index >= 15 is 0 Å². The summed E-state index contributed by atoms with van der Waals surface area (Å²) in [6, 6.07) is 2.37. The van der Waals surface area contributed by atoms with Crippen LogP contribution in [-0.4, -0.2) is 72.3 Å². The van der Waals surface area contributed by atoms with Crippen molar-refractivity contribution in [1.82, 2.24) is 20.5 Å². The number of rotatable bonds is 5. The standard InChI is InChI=1S/C22H34BrN5O3/c1-22(2,3)31-21(30)26-18-6-4-17(5-7-18)25-20(29)15-27-8-10-28(11-9-27)19-12-16(23)13-24-14-19/h12-14,17-18H,4-11,15H2,1-3H3,(H,25,29)(H,26,30).